The molecule has 0 aliphatic carbocycles. The van der Waals surface area contributed by atoms with Crippen molar-refractivity contribution in [1.29, 1.82) is 0 Å². The van der Waals surface area contributed by atoms with Crippen molar-refractivity contribution in [3.63, 3.8) is 0 Å². The van der Waals surface area contributed by atoms with Gasteiger partial charge in [0.25, 0.3) is 0 Å². The molecule has 2 aliphatic heterocycles. The second-order valence-electron chi connectivity index (χ2n) is 6.05. The first-order chi connectivity index (χ1) is 10.3. The average molecular weight is 310 g/mol. The van der Waals surface area contributed by atoms with Crippen LogP contribution in [-0.2, 0) is 0 Å². The number of hydrogen-bond donors (Lipinski definition) is 1. The molecule has 0 saturated carbocycles. The van der Waals surface area contributed by atoms with Crippen molar-refractivity contribution in [2.24, 2.45) is 5.92 Å². The van der Waals surface area contributed by atoms with E-state index in [0.29, 0.717) is 11.0 Å². The van der Waals surface area contributed by atoms with E-state index in [1.54, 1.807) is 6.20 Å². The molecule has 0 bridgehead atoms. The lowest BCUT2D eigenvalue weighted by Gasteiger charge is -2.34. The van der Waals surface area contributed by atoms with E-state index in [1.807, 2.05) is 7.05 Å². The fourth-order valence-electron chi connectivity index (χ4n) is 3.36. The highest BCUT2D eigenvalue weighted by atomic mass is 35.5. The first-order valence-electron chi connectivity index (χ1n) is 7.94. The average Bonchev–Trinajstić information content (AvgIpc) is 3.02. The molecule has 3 heterocycles. The molecular weight excluding hydrogens is 286 g/mol. The quantitative estimate of drug-likeness (QED) is 0.925. The maximum atomic E-state index is 6.26. The van der Waals surface area contributed by atoms with Crippen LogP contribution in [-0.4, -0.2) is 54.6 Å². The normalized spacial score (nSPS) is 21.0. The fourth-order valence-corrected chi connectivity index (χ4v) is 3.57. The highest BCUT2D eigenvalue weighted by molar-refractivity contribution is 6.32. The summed E-state index contributed by atoms with van der Waals surface area (Å²) >= 11 is 6.26. The molecule has 3 rings (SSSR count). The van der Waals surface area contributed by atoms with E-state index in [9.17, 15) is 0 Å². The van der Waals surface area contributed by atoms with Crippen molar-refractivity contribution >= 4 is 23.4 Å². The molecule has 1 N–H and O–H groups in total. The highest BCUT2D eigenvalue weighted by Gasteiger charge is 2.24. The number of nitrogens with one attached hydrogen (secondary N) is 1. The lowest BCUT2D eigenvalue weighted by molar-refractivity contribution is 0.249. The molecule has 0 unspecified atom stereocenters. The van der Waals surface area contributed by atoms with Crippen molar-refractivity contribution in [3.8, 4) is 0 Å². The Balaban J connectivity index is 1.57. The maximum Gasteiger partial charge on any atom is 0.224 e. The standard InChI is InChI=1S/C15H24ClN5/c1-17-15-18-10-13(16)14(19-15)21-8-4-12(5-9-21)11-20-6-2-3-7-20/h10,12H,2-9,11H2,1H3,(H,17,18,19). The summed E-state index contributed by atoms with van der Waals surface area (Å²) in [7, 11) is 1.83. The fraction of sp³-hybridized carbons (Fsp3) is 0.733. The molecule has 0 radical (unpaired) electrons. The Hall–Kier alpha value is -1.07. The van der Waals surface area contributed by atoms with Gasteiger partial charge in [-0.05, 0) is 44.7 Å². The monoisotopic (exact) mass is 309 g/mol. The summed E-state index contributed by atoms with van der Waals surface area (Å²) < 4.78 is 0. The van der Waals surface area contributed by atoms with E-state index in [4.69, 9.17) is 11.6 Å². The first kappa shape index (κ1) is 14.9. The molecule has 1 aromatic rings. The number of rotatable bonds is 4. The summed E-state index contributed by atoms with van der Waals surface area (Å²) in [5.41, 5.74) is 0. The molecule has 5 nitrogen and oxygen atoms in total. The Morgan fingerprint density at radius 2 is 1.95 bits per heavy atom. The lowest BCUT2D eigenvalue weighted by Crippen LogP contribution is -2.38. The summed E-state index contributed by atoms with van der Waals surface area (Å²) in [6, 6.07) is 0. The number of likely N-dealkylation sites (tertiary alicyclic amines) is 1. The number of piperidine rings is 1. The predicted molar refractivity (Wildman–Crippen MR) is 87.2 cm³/mol. The van der Waals surface area contributed by atoms with Gasteiger partial charge in [0.05, 0.1) is 6.20 Å². The SMILES string of the molecule is CNc1ncc(Cl)c(N2CCC(CN3CCCC3)CC2)n1. The van der Waals surface area contributed by atoms with E-state index < -0.39 is 0 Å². The molecule has 21 heavy (non-hydrogen) atoms. The van der Waals surface area contributed by atoms with E-state index >= 15 is 0 Å². The topological polar surface area (TPSA) is 44.3 Å². The van der Waals surface area contributed by atoms with Crippen LogP contribution in [0.1, 0.15) is 25.7 Å². The van der Waals surface area contributed by atoms with Crippen LogP contribution in [0.4, 0.5) is 11.8 Å². The van der Waals surface area contributed by atoms with Crippen LogP contribution in [0.5, 0.6) is 0 Å². The van der Waals surface area contributed by atoms with Gasteiger partial charge < -0.3 is 15.1 Å². The zero-order valence-corrected chi connectivity index (χ0v) is 13.4. The number of halogens is 1. The summed E-state index contributed by atoms with van der Waals surface area (Å²) in [6.07, 6.45) is 6.90. The van der Waals surface area contributed by atoms with Crippen LogP contribution in [0.2, 0.25) is 5.02 Å². The third-order valence-corrected chi connectivity index (χ3v) is 4.84. The van der Waals surface area contributed by atoms with Crippen molar-refractivity contribution in [2.75, 3.05) is 50.0 Å². The zero-order valence-electron chi connectivity index (χ0n) is 12.7. The summed E-state index contributed by atoms with van der Waals surface area (Å²) in [5, 5.41) is 3.62. The van der Waals surface area contributed by atoms with Gasteiger partial charge in [0.1, 0.15) is 5.02 Å². The van der Waals surface area contributed by atoms with Gasteiger partial charge in [0.15, 0.2) is 5.82 Å². The van der Waals surface area contributed by atoms with Gasteiger partial charge in [-0.25, -0.2) is 4.98 Å². The third-order valence-electron chi connectivity index (χ3n) is 4.58. The number of aromatic nitrogens is 2. The van der Waals surface area contributed by atoms with Crippen LogP contribution < -0.4 is 10.2 Å². The minimum atomic E-state index is 0.633. The van der Waals surface area contributed by atoms with E-state index in [2.05, 4.69) is 25.1 Å². The maximum absolute atomic E-state index is 6.26. The van der Waals surface area contributed by atoms with Gasteiger partial charge >= 0.3 is 0 Å². The van der Waals surface area contributed by atoms with Gasteiger partial charge in [0, 0.05) is 26.7 Å². The smallest absolute Gasteiger partial charge is 0.224 e. The summed E-state index contributed by atoms with van der Waals surface area (Å²) in [6.45, 7) is 5.94. The second-order valence-corrected chi connectivity index (χ2v) is 6.46. The van der Waals surface area contributed by atoms with Crippen LogP contribution in [0, 0.1) is 5.92 Å². The highest BCUT2D eigenvalue weighted by Crippen LogP contribution is 2.28. The Kier molecular flexibility index (Phi) is 4.80. The minimum Gasteiger partial charge on any atom is -0.357 e. The molecule has 0 amide bonds. The predicted octanol–water partition coefficient (Wildman–Crippen LogP) is 2.48. The molecule has 0 spiro atoms. The van der Waals surface area contributed by atoms with Crippen molar-refractivity contribution in [3.05, 3.63) is 11.2 Å². The van der Waals surface area contributed by atoms with Gasteiger partial charge in [-0.2, -0.15) is 4.98 Å². The minimum absolute atomic E-state index is 0.633. The van der Waals surface area contributed by atoms with Crippen molar-refractivity contribution in [1.82, 2.24) is 14.9 Å². The van der Waals surface area contributed by atoms with Crippen LogP contribution >= 0.6 is 11.6 Å². The van der Waals surface area contributed by atoms with Crippen molar-refractivity contribution < 1.29 is 0 Å². The summed E-state index contributed by atoms with van der Waals surface area (Å²) in [4.78, 5) is 13.6. The van der Waals surface area contributed by atoms with Crippen LogP contribution in [0.15, 0.2) is 6.20 Å². The van der Waals surface area contributed by atoms with E-state index in [1.165, 1.54) is 45.3 Å². The molecule has 2 aliphatic rings. The Morgan fingerprint density at radius 1 is 1.24 bits per heavy atom. The van der Waals surface area contributed by atoms with Crippen LogP contribution in [0.3, 0.4) is 0 Å². The number of nitrogens with zero attached hydrogens (tertiary/aromatic N) is 4. The molecule has 2 saturated heterocycles. The molecule has 0 aromatic carbocycles. The molecule has 0 atom stereocenters. The Labute approximate surface area is 131 Å². The van der Waals surface area contributed by atoms with Crippen molar-refractivity contribution in [2.45, 2.75) is 25.7 Å². The molecule has 116 valence electrons. The zero-order chi connectivity index (χ0) is 14.7. The Morgan fingerprint density at radius 3 is 2.62 bits per heavy atom. The van der Waals surface area contributed by atoms with Gasteiger partial charge in [0.2, 0.25) is 5.95 Å². The molecule has 6 heteroatoms. The third kappa shape index (κ3) is 3.58. The van der Waals surface area contributed by atoms with Crippen LogP contribution in [0.25, 0.3) is 0 Å². The number of hydrogen-bond acceptors (Lipinski definition) is 5. The summed E-state index contributed by atoms with van der Waals surface area (Å²) in [5.74, 6) is 2.33. The number of anilines is 2. The lowest BCUT2D eigenvalue weighted by atomic mass is 9.96. The Bertz CT molecular complexity index is 467. The van der Waals surface area contributed by atoms with Gasteiger partial charge in [-0.1, -0.05) is 11.6 Å². The second kappa shape index (κ2) is 6.79. The van der Waals surface area contributed by atoms with Gasteiger partial charge in [-0.15, -0.1) is 0 Å². The first-order valence-corrected chi connectivity index (χ1v) is 8.31. The molecule has 1 aromatic heterocycles. The molecular formula is C15H24ClN5. The molecule has 2 fully saturated rings. The van der Waals surface area contributed by atoms with E-state index in [0.717, 1.165) is 24.8 Å². The van der Waals surface area contributed by atoms with Gasteiger partial charge in [-0.3, -0.25) is 0 Å². The largest absolute Gasteiger partial charge is 0.357 e. The van der Waals surface area contributed by atoms with E-state index in [-0.39, 0.29) is 0 Å².